The summed E-state index contributed by atoms with van der Waals surface area (Å²) >= 11 is 0. The van der Waals surface area contributed by atoms with Gasteiger partial charge in [-0.3, -0.25) is 0 Å². The lowest BCUT2D eigenvalue weighted by atomic mass is 9.89. The van der Waals surface area contributed by atoms with Gasteiger partial charge in [0, 0.05) is 30.9 Å². The lowest BCUT2D eigenvalue weighted by Crippen LogP contribution is -2.47. The first-order chi connectivity index (χ1) is 9.17. The molecule has 1 aromatic heterocycles. The maximum absolute atomic E-state index is 5.97. The zero-order valence-electron chi connectivity index (χ0n) is 12.4. The van der Waals surface area contributed by atoms with Gasteiger partial charge in [-0.1, -0.05) is 20.3 Å². The van der Waals surface area contributed by atoms with E-state index < -0.39 is 0 Å². The summed E-state index contributed by atoms with van der Waals surface area (Å²) < 4.78 is 0. The predicted octanol–water partition coefficient (Wildman–Crippen LogP) is 2.30. The van der Waals surface area contributed by atoms with Crippen molar-refractivity contribution in [3.8, 4) is 0 Å². The zero-order chi connectivity index (χ0) is 13.8. The van der Waals surface area contributed by atoms with Crippen LogP contribution < -0.4 is 10.6 Å². The molecular weight excluding hydrogens is 236 g/mol. The lowest BCUT2D eigenvalue weighted by Gasteiger charge is -2.39. The maximum atomic E-state index is 5.97. The van der Waals surface area contributed by atoms with Crippen molar-refractivity contribution in [2.75, 3.05) is 18.0 Å². The summed E-state index contributed by atoms with van der Waals surface area (Å²) in [6.45, 7) is 8.16. The minimum absolute atomic E-state index is 0.428. The molecule has 4 nitrogen and oxygen atoms in total. The van der Waals surface area contributed by atoms with Crippen molar-refractivity contribution < 1.29 is 0 Å². The van der Waals surface area contributed by atoms with E-state index in [1.165, 1.54) is 19.3 Å². The molecule has 0 radical (unpaired) electrons. The normalized spacial score (nSPS) is 23.7. The second kappa shape index (κ2) is 6.33. The number of rotatable bonds is 4. The summed E-state index contributed by atoms with van der Waals surface area (Å²) in [6.07, 6.45) is 4.65. The van der Waals surface area contributed by atoms with Gasteiger partial charge in [0.2, 0.25) is 0 Å². The molecule has 2 heterocycles. The Morgan fingerprint density at radius 1 is 1.37 bits per heavy atom. The maximum Gasteiger partial charge on any atom is 0.132 e. The van der Waals surface area contributed by atoms with Crippen LogP contribution in [-0.4, -0.2) is 29.1 Å². The molecule has 4 heteroatoms. The molecule has 106 valence electrons. The van der Waals surface area contributed by atoms with Crippen molar-refractivity contribution in [1.29, 1.82) is 0 Å². The van der Waals surface area contributed by atoms with Gasteiger partial charge in [-0.25, -0.2) is 9.97 Å². The predicted molar refractivity (Wildman–Crippen MR) is 79.4 cm³/mol. The SMILES string of the molecule is CCc1cc(N2CCC(CC)CC2CN)nc(C)n1. The standard InChI is InChI=1S/C15H26N4/c1-4-12-6-7-19(14(8-12)10-16)15-9-13(5-2)17-11(3)18-15/h9,12,14H,4-8,10,16H2,1-3H3. The van der Waals surface area contributed by atoms with E-state index >= 15 is 0 Å². The smallest absolute Gasteiger partial charge is 0.132 e. The van der Waals surface area contributed by atoms with Crippen LogP contribution in [0.3, 0.4) is 0 Å². The minimum atomic E-state index is 0.428. The van der Waals surface area contributed by atoms with Gasteiger partial charge in [0.1, 0.15) is 11.6 Å². The third-order valence-corrected chi connectivity index (χ3v) is 4.21. The average Bonchev–Trinajstić information content (AvgIpc) is 2.45. The summed E-state index contributed by atoms with van der Waals surface area (Å²) in [7, 11) is 0. The summed E-state index contributed by atoms with van der Waals surface area (Å²) in [5.74, 6) is 2.75. The first kappa shape index (κ1) is 14.3. The molecule has 0 spiro atoms. The lowest BCUT2D eigenvalue weighted by molar-refractivity contribution is 0.334. The summed E-state index contributed by atoms with van der Waals surface area (Å²) in [6, 6.07) is 2.56. The van der Waals surface area contributed by atoms with Crippen LogP contribution in [-0.2, 0) is 6.42 Å². The second-order valence-corrected chi connectivity index (χ2v) is 5.50. The second-order valence-electron chi connectivity index (χ2n) is 5.50. The van der Waals surface area contributed by atoms with E-state index in [1.807, 2.05) is 6.92 Å². The average molecular weight is 262 g/mol. The van der Waals surface area contributed by atoms with Gasteiger partial charge in [-0.15, -0.1) is 0 Å². The summed E-state index contributed by atoms with van der Waals surface area (Å²) in [5, 5.41) is 0. The van der Waals surface area contributed by atoms with Crippen molar-refractivity contribution in [3.05, 3.63) is 17.6 Å². The van der Waals surface area contributed by atoms with Crippen molar-refractivity contribution in [1.82, 2.24) is 9.97 Å². The van der Waals surface area contributed by atoms with E-state index in [1.54, 1.807) is 0 Å². The molecule has 2 N–H and O–H groups in total. The monoisotopic (exact) mass is 262 g/mol. The highest BCUT2D eigenvalue weighted by atomic mass is 15.2. The molecule has 0 bridgehead atoms. The molecule has 0 aromatic carbocycles. The Labute approximate surface area is 116 Å². The molecule has 2 rings (SSSR count). The molecule has 0 aliphatic carbocycles. The number of nitrogens with two attached hydrogens (primary N) is 1. The van der Waals surface area contributed by atoms with Crippen LogP contribution in [0.4, 0.5) is 5.82 Å². The van der Waals surface area contributed by atoms with E-state index in [2.05, 4.69) is 34.8 Å². The summed E-state index contributed by atoms with van der Waals surface area (Å²) in [4.78, 5) is 11.5. The van der Waals surface area contributed by atoms with Crippen molar-refractivity contribution in [2.45, 2.75) is 52.5 Å². The molecule has 2 atom stereocenters. The third-order valence-electron chi connectivity index (χ3n) is 4.21. The Kier molecular flexibility index (Phi) is 4.75. The van der Waals surface area contributed by atoms with Crippen LogP contribution in [0.5, 0.6) is 0 Å². The first-order valence-electron chi connectivity index (χ1n) is 7.49. The molecule has 1 aromatic rings. The number of anilines is 1. The number of hydrogen-bond donors (Lipinski definition) is 1. The Balaban J connectivity index is 2.22. The van der Waals surface area contributed by atoms with Crippen LogP contribution in [0, 0.1) is 12.8 Å². The number of hydrogen-bond acceptors (Lipinski definition) is 4. The largest absolute Gasteiger partial charge is 0.352 e. The van der Waals surface area contributed by atoms with E-state index in [4.69, 9.17) is 5.73 Å². The highest BCUT2D eigenvalue weighted by Crippen LogP contribution is 2.28. The van der Waals surface area contributed by atoms with E-state index in [9.17, 15) is 0 Å². The topological polar surface area (TPSA) is 55.0 Å². The van der Waals surface area contributed by atoms with Crippen LogP contribution in [0.15, 0.2) is 6.07 Å². The highest BCUT2D eigenvalue weighted by molar-refractivity contribution is 5.42. The number of piperidine rings is 1. The Hall–Kier alpha value is -1.16. The van der Waals surface area contributed by atoms with Crippen molar-refractivity contribution >= 4 is 5.82 Å². The van der Waals surface area contributed by atoms with Gasteiger partial charge in [0.25, 0.3) is 0 Å². The van der Waals surface area contributed by atoms with E-state index in [0.717, 1.165) is 36.2 Å². The van der Waals surface area contributed by atoms with E-state index in [0.29, 0.717) is 12.6 Å². The third kappa shape index (κ3) is 3.24. The fourth-order valence-corrected chi connectivity index (χ4v) is 2.97. The Bertz CT molecular complexity index is 419. The molecule has 1 saturated heterocycles. The number of aryl methyl sites for hydroxylation is 2. The van der Waals surface area contributed by atoms with Gasteiger partial charge in [0.15, 0.2) is 0 Å². The molecule has 1 aliphatic heterocycles. The molecule has 1 fully saturated rings. The van der Waals surface area contributed by atoms with Crippen molar-refractivity contribution in [2.24, 2.45) is 11.7 Å². The minimum Gasteiger partial charge on any atom is -0.352 e. The molecule has 0 saturated carbocycles. The van der Waals surface area contributed by atoms with Gasteiger partial charge < -0.3 is 10.6 Å². The van der Waals surface area contributed by atoms with Crippen LogP contribution in [0.2, 0.25) is 0 Å². The summed E-state index contributed by atoms with van der Waals surface area (Å²) in [5.41, 5.74) is 7.09. The molecule has 0 amide bonds. The van der Waals surface area contributed by atoms with Gasteiger partial charge in [-0.05, 0) is 32.1 Å². The fourth-order valence-electron chi connectivity index (χ4n) is 2.97. The van der Waals surface area contributed by atoms with Gasteiger partial charge in [-0.2, -0.15) is 0 Å². The van der Waals surface area contributed by atoms with Crippen LogP contribution in [0.1, 0.15) is 44.6 Å². The zero-order valence-corrected chi connectivity index (χ0v) is 12.4. The van der Waals surface area contributed by atoms with Gasteiger partial charge in [0.05, 0.1) is 0 Å². The number of nitrogens with zero attached hydrogens (tertiary/aromatic N) is 3. The number of aromatic nitrogens is 2. The molecule has 2 unspecified atom stereocenters. The molecular formula is C15H26N4. The highest BCUT2D eigenvalue weighted by Gasteiger charge is 2.27. The van der Waals surface area contributed by atoms with Gasteiger partial charge >= 0.3 is 0 Å². The Morgan fingerprint density at radius 2 is 2.16 bits per heavy atom. The quantitative estimate of drug-likeness (QED) is 0.904. The molecule has 1 aliphatic rings. The Morgan fingerprint density at radius 3 is 2.79 bits per heavy atom. The first-order valence-corrected chi connectivity index (χ1v) is 7.49. The van der Waals surface area contributed by atoms with E-state index in [-0.39, 0.29) is 0 Å². The fraction of sp³-hybridized carbons (Fsp3) is 0.733. The van der Waals surface area contributed by atoms with Crippen LogP contribution in [0.25, 0.3) is 0 Å². The van der Waals surface area contributed by atoms with Crippen molar-refractivity contribution in [3.63, 3.8) is 0 Å². The molecule has 19 heavy (non-hydrogen) atoms. The van der Waals surface area contributed by atoms with Crippen LogP contribution >= 0.6 is 0 Å².